The zero-order valence-corrected chi connectivity index (χ0v) is 7.33. The van der Waals surface area contributed by atoms with Gasteiger partial charge in [0.05, 0.1) is 9.40 Å². The Kier molecular flexibility index (Phi) is 2.19. The van der Waals surface area contributed by atoms with E-state index in [9.17, 15) is 10.1 Å². The first-order valence-electron chi connectivity index (χ1n) is 2.88. The monoisotopic (exact) mass is 216 g/mol. The van der Waals surface area contributed by atoms with Gasteiger partial charge in [0.15, 0.2) is 0 Å². The normalized spacial score (nSPS) is 9.64. The lowest BCUT2D eigenvalue weighted by molar-refractivity contribution is -0.386. The zero-order valence-electron chi connectivity index (χ0n) is 5.74. The van der Waals surface area contributed by atoms with Crippen LogP contribution in [0.4, 0.5) is 5.69 Å². The third-order valence-electron chi connectivity index (χ3n) is 1.24. The van der Waals surface area contributed by atoms with Crippen molar-refractivity contribution in [3.63, 3.8) is 0 Å². The smallest absolute Gasteiger partial charge is 0.258 e. The van der Waals surface area contributed by atoms with Crippen LogP contribution >= 0.6 is 15.9 Å². The quantitative estimate of drug-likeness (QED) is 0.534. The average Bonchev–Trinajstić information content (AvgIpc) is 1.85. The Morgan fingerprint density at radius 2 is 2.36 bits per heavy atom. The van der Waals surface area contributed by atoms with Gasteiger partial charge in [-0.05, 0) is 28.9 Å². The predicted molar refractivity (Wildman–Crippen MR) is 43.3 cm³/mol. The molecule has 0 unspecified atom stereocenters. The highest BCUT2D eigenvalue weighted by Crippen LogP contribution is 2.25. The fourth-order valence-corrected chi connectivity index (χ4v) is 1.30. The van der Waals surface area contributed by atoms with E-state index in [1.165, 1.54) is 6.20 Å². The van der Waals surface area contributed by atoms with Crippen LogP contribution in [0.3, 0.4) is 0 Å². The van der Waals surface area contributed by atoms with Crippen LogP contribution in [-0.2, 0) is 0 Å². The molecule has 0 aliphatic heterocycles. The summed E-state index contributed by atoms with van der Waals surface area (Å²) < 4.78 is 0.468. The summed E-state index contributed by atoms with van der Waals surface area (Å²) in [5.41, 5.74) is 0.455. The van der Waals surface area contributed by atoms with Crippen LogP contribution < -0.4 is 0 Å². The number of hydrogen-bond donors (Lipinski definition) is 0. The summed E-state index contributed by atoms with van der Waals surface area (Å²) in [6, 6.07) is 1.55. The van der Waals surface area contributed by atoms with Crippen LogP contribution in [0.1, 0.15) is 5.69 Å². The number of aryl methyl sites for hydroxylation is 1. The molecular weight excluding hydrogens is 212 g/mol. The Balaban J connectivity index is 3.32. The van der Waals surface area contributed by atoms with Gasteiger partial charge in [0.1, 0.15) is 5.69 Å². The minimum Gasteiger partial charge on any atom is -0.258 e. The molecule has 0 radical (unpaired) electrons. The maximum atomic E-state index is 10.4. The molecule has 1 aromatic heterocycles. The minimum atomic E-state index is -0.452. The molecule has 0 aliphatic carbocycles. The second-order valence-corrected chi connectivity index (χ2v) is 2.84. The fraction of sp³-hybridized carbons (Fsp3) is 0.167. The van der Waals surface area contributed by atoms with E-state index >= 15 is 0 Å². The Morgan fingerprint density at radius 3 is 2.73 bits per heavy atom. The Labute approximate surface area is 71.5 Å². The predicted octanol–water partition coefficient (Wildman–Crippen LogP) is 2.06. The highest BCUT2D eigenvalue weighted by Gasteiger charge is 2.14. The van der Waals surface area contributed by atoms with Crippen LogP contribution in [0.2, 0.25) is 0 Å². The van der Waals surface area contributed by atoms with Gasteiger partial charge in [0, 0.05) is 6.20 Å². The maximum Gasteiger partial charge on any atom is 0.304 e. The van der Waals surface area contributed by atoms with Gasteiger partial charge < -0.3 is 0 Å². The summed E-state index contributed by atoms with van der Waals surface area (Å²) in [6.07, 6.45) is 1.52. The number of halogens is 1. The summed E-state index contributed by atoms with van der Waals surface area (Å²) >= 11 is 3.07. The second kappa shape index (κ2) is 2.96. The van der Waals surface area contributed by atoms with E-state index in [-0.39, 0.29) is 5.69 Å². The molecule has 0 saturated heterocycles. The molecule has 0 bridgehead atoms. The topological polar surface area (TPSA) is 56.0 Å². The second-order valence-electron chi connectivity index (χ2n) is 1.98. The van der Waals surface area contributed by atoms with E-state index in [1.54, 1.807) is 13.0 Å². The summed E-state index contributed by atoms with van der Waals surface area (Å²) in [4.78, 5) is 13.7. The van der Waals surface area contributed by atoms with Crippen LogP contribution in [0.15, 0.2) is 16.7 Å². The first kappa shape index (κ1) is 8.13. The van der Waals surface area contributed by atoms with Crippen molar-refractivity contribution in [1.29, 1.82) is 0 Å². The first-order chi connectivity index (χ1) is 5.13. The molecule has 0 fully saturated rings. The summed E-state index contributed by atoms with van der Waals surface area (Å²) in [6.45, 7) is 1.60. The number of aromatic nitrogens is 1. The molecule has 4 nitrogen and oxygen atoms in total. The van der Waals surface area contributed by atoms with Gasteiger partial charge in [0.25, 0.3) is 0 Å². The molecule has 0 amide bonds. The van der Waals surface area contributed by atoms with E-state index in [0.717, 1.165) is 0 Å². The molecule has 0 atom stereocenters. The number of rotatable bonds is 1. The number of nitro groups is 1. The molecule has 0 spiro atoms. The van der Waals surface area contributed by atoms with Gasteiger partial charge in [-0.2, -0.15) is 0 Å². The lowest BCUT2D eigenvalue weighted by atomic mass is 10.3. The van der Waals surface area contributed by atoms with Gasteiger partial charge in [-0.3, -0.25) is 15.1 Å². The van der Waals surface area contributed by atoms with Crippen LogP contribution in [0.5, 0.6) is 0 Å². The lowest BCUT2D eigenvalue weighted by Crippen LogP contribution is -1.94. The zero-order chi connectivity index (χ0) is 8.43. The fourth-order valence-electron chi connectivity index (χ4n) is 0.747. The molecule has 11 heavy (non-hydrogen) atoms. The third kappa shape index (κ3) is 1.54. The average molecular weight is 217 g/mol. The van der Waals surface area contributed by atoms with Crippen molar-refractivity contribution in [2.45, 2.75) is 6.92 Å². The molecule has 5 heteroatoms. The lowest BCUT2D eigenvalue weighted by Gasteiger charge is -1.96. The van der Waals surface area contributed by atoms with Crippen molar-refractivity contribution in [2.75, 3.05) is 0 Å². The van der Waals surface area contributed by atoms with Crippen LogP contribution in [-0.4, -0.2) is 9.91 Å². The van der Waals surface area contributed by atoms with E-state index in [4.69, 9.17) is 0 Å². The van der Waals surface area contributed by atoms with E-state index in [1.807, 2.05) is 0 Å². The SMILES string of the molecule is Cc1nccc(Br)c1[N+](=O)[O-]. The Bertz CT molecular complexity index is 280. The third-order valence-corrected chi connectivity index (χ3v) is 1.88. The largest absolute Gasteiger partial charge is 0.304 e. The highest BCUT2D eigenvalue weighted by atomic mass is 79.9. The van der Waals surface area contributed by atoms with Crippen LogP contribution in [0, 0.1) is 17.0 Å². The van der Waals surface area contributed by atoms with Crippen molar-refractivity contribution in [3.8, 4) is 0 Å². The Morgan fingerprint density at radius 1 is 1.73 bits per heavy atom. The number of pyridine rings is 1. The van der Waals surface area contributed by atoms with Gasteiger partial charge >= 0.3 is 5.69 Å². The number of hydrogen-bond acceptors (Lipinski definition) is 3. The van der Waals surface area contributed by atoms with Crippen molar-refractivity contribution in [3.05, 3.63) is 32.5 Å². The minimum absolute atomic E-state index is 0.0347. The molecule has 58 valence electrons. The van der Waals surface area contributed by atoms with Crippen LogP contribution in [0.25, 0.3) is 0 Å². The molecule has 1 heterocycles. The molecule has 1 rings (SSSR count). The van der Waals surface area contributed by atoms with Crippen molar-refractivity contribution >= 4 is 21.6 Å². The first-order valence-corrected chi connectivity index (χ1v) is 3.67. The number of nitrogens with zero attached hydrogens (tertiary/aromatic N) is 2. The van der Waals surface area contributed by atoms with Gasteiger partial charge in [-0.15, -0.1) is 0 Å². The van der Waals surface area contributed by atoms with Crippen molar-refractivity contribution in [1.82, 2.24) is 4.98 Å². The van der Waals surface area contributed by atoms with Gasteiger partial charge in [-0.1, -0.05) is 0 Å². The summed E-state index contributed by atoms with van der Waals surface area (Å²) in [7, 11) is 0. The molecule has 0 N–H and O–H groups in total. The van der Waals surface area contributed by atoms with Crippen molar-refractivity contribution in [2.24, 2.45) is 0 Å². The molecular formula is C6H5BrN2O2. The maximum absolute atomic E-state index is 10.4. The van der Waals surface area contributed by atoms with Gasteiger partial charge in [0.2, 0.25) is 0 Å². The van der Waals surface area contributed by atoms with E-state index in [2.05, 4.69) is 20.9 Å². The molecule has 0 aliphatic rings. The highest BCUT2D eigenvalue weighted by molar-refractivity contribution is 9.10. The van der Waals surface area contributed by atoms with Gasteiger partial charge in [-0.25, -0.2) is 0 Å². The van der Waals surface area contributed by atoms with E-state index in [0.29, 0.717) is 10.2 Å². The molecule has 0 saturated carbocycles. The molecule has 1 aromatic rings. The summed E-state index contributed by atoms with van der Waals surface area (Å²) in [5.74, 6) is 0. The van der Waals surface area contributed by atoms with E-state index < -0.39 is 4.92 Å². The summed E-state index contributed by atoms with van der Waals surface area (Å²) in [5, 5.41) is 10.4. The Hall–Kier alpha value is -0.970. The van der Waals surface area contributed by atoms with Crippen molar-refractivity contribution < 1.29 is 4.92 Å². The molecule has 0 aromatic carbocycles. The standard InChI is InChI=1S/C6H5BrN2O2/c1-4-6(9(10)11)5(7)2-3-8-4/h2-3H,1H3.